The molecule has 0 saturated carbocycles. The highest BCUT2D eigenvalue weighted by molar-refractivity contribution is 7.10. The first-order valence-corrected chi connectivity index (χ1v) is 5.48. The van der Waals surface area contributed by atoms with E-state index in [4.69, 9.17) is 20.9 Å². The number of aliphatic imine (C=N–C) groups is 1. The minimum absolute atomic E-state index is 0.0463. The Balaban J connectivity index is 2.21. The van der Waals surface area contributed by atoms with Gasteiger partial charge >= 0.3 is 0 Å². The maximum absolute atomic E-state index is 5.61. The summed E-state index contributed by atoms with van der Waals surface area (Å²) in [5.41, 5.74) is 10.6. The molecular formula is C9H13N3O2S. The van der Waals surface area contributed by atoms with Crippen molar-refractivity contribution in [3.05, 3.63) is 22.4 Å². The van der Waals surface area contributed by atoms with Gasteiger partial charge in [0.1, 0.15) is 6.54 Å². The number of thiophene rings is 1. The van der Waals surface area contributed by atoms with Gasteiger partial charge in [0, 0.05) is 0 Å². The highest BCUT2D eigenvalue weighted by atomic mass is 32.1. The van der Waals surface area contributed by atoms with Gasteiger partial charge in [-0.15, -0.1) is 11.3 Å². The molecule has 0 spiro atoms. The van der Waals surface area contributed by atoms with E-state index in [1.807, 2.05) is 17.5 Å². The Kier molecular flexibility index (Phi) is 2.90. The molecule has 0 aromatic carbocycles. The van der Waals surface area contributed by atoms with Crippen molar-refractivity contribution in [2.24, 2.45) is 16.5 Å². The summed E-state index contributed by atoms with van der Waals surface area (Å²) in [7, 11) is 0. The van der Waals surface area contributed by atoms with Gasteiger partial charge in [-0.1, -0.05) is 6.07 Å². The molecule has 0 bridgehead atoms. The first kappa shape index (κ1) is 10.4. The third-order valence-corrected chi connectivity index (χ3v) is 3.11. The highest BCUT2D eigenvalue weighted by Gasteiger charge is 2.39. The molecule has 1 fully saturated rings. The number of nitrogens with zero attached hydrogens (tertiary/aromatic N) is 1. The molecule has 4 N–H and O–H groups in total. The highest BCUT2D eigenvalue weighted by Crippen LogP contribution is 2.34. The van der Waals surface area contributed by atoms with Crippen LogP contribution in [0, 0.1) is 0 Å². The van der Waals surface area contributed by atoms with Crippen molar-refractivity contribution < 1.29 is 9.47 Å². The molecule has 0 unspecified atom stereocenters. The van der Waals surface area contributed by atoms with Crippen molar-refractivity contribution in [3.63, 3.8) is 0 Å². The van der Waals surface area contributed by atoms with E-state index in [2.05, 4.69) is 4.99 Å². The Labute approximate surface area is 91.7 Å². The maximum Gasteiger partial charge on any atom is 0.224 e. The molecule has 6 heteroatoms. The Hall–Kier alpha value is -1.11. The summed E-state index contributed by atoms with van der Waals surface area (Å²) < 4.78 is 11.2. The molecule has 1 aliphatic rings. The number of rotatable bonds is 3. The summed E-state index contributed by atoms with van der Waals surface area (Å²) in [5, 5.41) is 1.97. The fourth-order valence-corrected chi connectivity index (χ4v) is 2.28. The van der Waals surface area contributed by atoms with E-state index in [0.29, 0.717) is 19.8 Å². The van der Waals surface area contributed by atoms with Crippen LogP contribution in [-0.2, 0) is 15.3 Å². The van der Waals surface area contributed by atoms with Crippen LogP contribution in [0.2, 0.25) is 0 Å². The number of ether oxygens (including phenoxy) is 2. The molecule has 2 rings (SSSR count). The smallest absolute Gasteiger partial charge is 0.224 e. The summed E-state index contributed by atoms with van der Waals surface area (Å²) >= 11 is 1.57. The molecule has 1 aromatic heterocycles. The van der Waals surface area contributed by atoms with Crippen molar-refractivity contribution in [3.8, 4) is 0 Å². The Morgan fingerprint density at radius 2 is 2.20 bits per heavy atom. The molecule has 15 heavy (non-hydrogen) atoms. The summed E-state index contributed by atoms with van der Waals surface area (Å²) in [6, 6.07) is 3.90. The Bertz CT molecular complexity index is 340. The van der Waals surface area contributed by atoms with Gasteiger partial charge in [-0.25, -0.2) is 4.99 Å². The molecule has 0 aliphatic carbocycles. The second-order valence-electron chi connectivity index (χ2n) is 3.17. The lowest BCUT2D eigenvalue weighted by Crippen LogP contribution is -2.32. The normalized spacial score (nSPS) is 18.9. The minimum atomic E-state index is -0.780. The molecule has 82 valence electrons. The first-order valence-electron chi connectivity index (χ1n) is 4.60. The average Bonchev–Trinajstić information content (AvgIpc) is 2.86. The summed E-state index contributed by atoms with van der Waals surface area (Å²) in [4.78, 5) is 4.95. The average molecular weight is 227 g/mol. The molecule has 0 amide bonds. The molecule has 5 nitrogen and oxygen atoms in total. The van der Waals surface area contributed by atoms with Crippen LogP contribution in [0.5, 0.6) is 0 Å². The summed E-state index contributed by atoms with van der Waals surface area (Å²) in [6.07, 6.45) is 0. The molecule has 2 heterocycles. The zero-order valence-electron chi connectivity index (χ0n) is 8.18. The second-order valence-corrected chi connectivity index (χ2v) is 4.12. The van der Waals surface area contributed by atoms with E-state index in [-0.39, 0.29) is 5.96 Å². The number of guanidine groups is 1. The van der Waals surface area contributed by atoms with E-state index in [1.54, 1.807) is 11.3 Å². The third kappa shape index (κ3) is 2.11. The van der Waals surface area contributed by atoms with Crippen LogP contribution in [-0.4, -0.2) is 25.7 Å². The monoisotopic (exact) mass is 227 g/mol. The molecule has 1 saturated heterocycles. The maximum atomic E-state index is 5.61. The van der Waals surface area contributed by atoms with E-state index >= 15 is 0 Å². The number of nitrogens with two attached hydrogens (primary N) is 2. The molecular weight excluding hydrogens is 214 g/mol. The van der Waals surface area contributed by atoms with Gasteiger partial charge in [0.2, 0.25) is 5.79 Å². The predicted molar refractivity (Wildman–Crippen MR) is 58.6 cm³/mol. The number of hydrogen-bond acceptors (Lipinski definition) is 4. The van der Waals surface area contributed by atoms with Crippen LogP contribution in [0.3, 0.4) is 0 Å². The largest absolute Gasteiger partial charge is 0.370 e. The van der Waals surface area contributed by atoms with Crippen molar-refractivity contribution in [2.45, 2.75) is 5.79 Å². The van der Waals surface area contributed by atoms with E-state index in [0.717, 1.165) is 4.88 Å². The van der Waals surface area contributed by atoms with Crippen LogP contribution in [0.15, 0.2) is 22.5 Å². The molecule has 1 aromatic rings. The van der Waals surface area contributed by atoms with Crippen LogP contribution in [0.25, 0.3) is 0 Å². The van der Waals surface area contributed by atoms with Gasteiger partial charge in [-0.2, -0.15) is 0 Å². The van der Waals surface area contributed by atoms with Gasteiger partial charge in [0.05, 0.1) is 18.1 Å². The van der Waals surface area contributed by atoms with Crippen molar-refractivity contribution in [1.82, 2.24) is 0 Å². The molecule has 1 aliphatic heterocycles. The lowest BCUT2D eigenvalue weighted by molar-refractivity contribution is -0.153. The SMILES string of the molecule is NC(N)=NCC1(c2cccs2)OCCO1. The standard InChI is InChI=1S/C9H13N3O2S/c10-8(11)12-6-9(13-3-4-14-9)7-2-1-5-15-7/h1-2,5H,3-4,6H2,(H4,10,11,12). The second kappa shape index (κ2) is 4.18. The first-order chi connectivity index (χ1) is 7.23. The van der Waals surface area contributed by atoms with E-state index in [1.165, 1.54) is 0 Å². The third-order valence-electron chi connectivity index (χ3n) is 2.12. The molecule has 0 radical (unpaired) electrons. The number of hydrogen-bond donors (Lipinski definition) is 2. The van der Waals surface area contributed by atoms with Crippen molar-refractivity contribution >= 4 is 17.3 Å². The minimum Gasteiger partial charge on any atom is -0.370 e. The fourth-order valence-electron chi connectivity index (χ4n) is 1.46. The van der Waals surface area contributed by atoms with Crippen LogP contribution in [0.4, 0.5) is 0 Å². The van der Waals surface area contributed by atoms with Crippen LogP contribution < -0.4 is 11.5 Å². The van der Waals surface area contributed by atoms with Crippen molar-refractivity contribution in [1.29, 1.82) is 0 Å². The van der Waals surface area contributed by atoms with E-state index in [9.17, 15) is 0 Å². The van der Waals surface area contributed by atoms with Gasteiger partial charge < -0.3 is 20.9 Å². The lowest BCUT2D eigenvalue weighted by atomic mass is 10.2. The van der Waals surface area contributed by atoms with Crippen molar-refractivity contribution in [2.75, 3.05) is 19.8 Å². The van der Waals surface area contributed by atoms with Gasteiger partial charge in [0.25, 0.3) is 0 Å². The Morgan fingerprint density at radius 1 is 1.47 bits per heavy atom. The summed E-state index contributed by atoms with van der Waals surface area (Å²) in [6.45, 7) is 1.44. The predicted octanol–water partition coefficient (Wildman–Crippen LogP) is 0.221. The van der Waals surface area contributed by atoms with Crippen LogP contribution >= 0.6 is 11.3 Å². The topological polar surface area (TPSA) is 82.9 Å². The lowest BCUT2D eigenvalue weighted by Gasteiger charge is -2.23. The molecule has 0 atom stereocenters. The van der Waals surface area contributed by atoms with Gasteiger partial charge in [-0.05, 0) is 11.4 Å². The van der Waals surface area contributed by atoms with Crippen LogP contribution in [0.1, 0.15) is 4.88 Å². The van der Waals surface area contributed by atoms with Gasteiger partial charge in [-0.3, -0.25) is 0 Å². The Morgan fingerprint density at radius 3 is 2.73 bits per heavy atom. The zero-order chi connectivity index (χ0) is 10.7. The van der Waals surface area contributed by atoms with E-state index < -0.39 is 5.79 Å². The fraction of sp³-hybridized carbons (Fsp3) is 0.444. The quantitative estimate of drug-likeness (QED) is 0.571. The summed E-state index contributed by atoms with van der Waals surface area (Å²) in [5.74, 6) is -0.733. The van der Waals surface area contributed by atoms with Gasteiger partial charge in [0.15, 0.2) is 5.96 Å². The zero-order valence-corrected chi connectivity index (χ0v) is 9.00.